The summed E-state index contributed by atoms with van der Waals surface area (Å²) < 4.78 is 2.81. The highest BCUT2D eigenvalue weighted by Gasteiger charge is 2.21. The minimum atomic E-state index is 0.701. The Morgan fingerprint density at radius 2 is 2.14 bits per heavy atom. The molecule has 3 aromatic rings. The first kappa shape index (κ1) is 12.7. The number of nitrogens with zero attached hydrogens (tertiary/aromatic N) is 6. The molecule has 0 bridgehead atoms. The summed E-state index contributed by atoms with van der Waals surface area (Å²) in [6.07, 6.45) is 4.50. The second kappa shape index (κ2) is 4.77. The molecular weight excluding hydrogens is 332 g/mol. The number of anilines is 1. The first-order valence-electron chi connectivity index (χ1n) is 6.78. The van der Waals surface area contributed by atoms with Crippen molar-refractivity contribution in [1.82, 2.24) is 25.0 Å². The summed E-state index contributed by atoms with van der Waals surface area (Å²) in [6, 6.07) is 4.47. The van der Waals surface area contributed by atoms with Crippen molar-refractivity contribution in [2.24, 2.45) is 0 Å². The molecule has 1 aliphatic heterocycles. The zero-order valence-corrected chi connectivity index (χ0v) is 13.1. The molecule has 1 aliphatic rings. The van der Waals surface area contributed by atoms with E-state index in [1.165, 1.54) is 16.7 Å². The van der Waals surface area contributed by atoms with Crippen LogP contribution in [0.5, 0.6) is 0 Å². The van der Waals surface area contributed by atoms with E-state index in [0.717, 1.165) is 29.8 Å². The van der Waals surface area contributed by atoms with Crippen LogP contribution >= 0.6 is 15.9 Å². The van der Waals surface area contributed by atoms with Crippen molar-refractivity contribution in [3.8, 4) is 0 Å². The summed E-state index contributed by atoms with van der Waals surface area (Å²) in [5.74, 6) is 0.838. The molecule has 0 amide bonds. The van der Waals surface area contributed by atoms with E-state index in [1.54, 1.807) is 16.9 Å². The van der Waals surface area contributed by atoms with Crippen molar-refractivity contribution >= 4 is 27.4 Å². The molecule has 7 heteroatoms. The van der Waals surface area contributed by atoms with Gasteiger partial charge in [-0.1, -0.05) is 22.0 Å². The monoisotopic (exact) mass is 344 g/mol. The van der Waals surface area contributed by atoms with Crippen LogP contribution in [0.25, 0.3) is 5.65 Å². The summed E-state index contributed by atoms with van der Waals surface area (Å²) in [6.45, 7) is 3.88. The second-order valence-corrected chi connectivity index (χ2v) is 6.09. The number of benzene rings is 1. The Bertz CT molecular complexity index is 827. The van der Waals surface area contributed by atoms with Gasteiger partial charge in [-0.05, 0) is 46.5 Å². The van der Waals surface area contributed by atoms with Crippen LogP contribution in [0, 0.1) is 6.92 Å². The van der Waals surface area contributed by atoms with Gasteiger partial charge in [-0.2, -0.15) is 4.52 Å². The molecule has 21 heavy (non-hydrogen) atoms. The minimum Gasteiger partial charge on any atom is -0.349 e. The van der Waals surface area contributed by atoms with Gasteiger partial charge in [0.05, 0.1) is 6.20 Å². The van der Waals surface area contributed by atoms with Crippen molar-refractivity contribution in [2.45, 2.75) is 19.9 Å². The molecule has 0 N–H and O–H groups in total. The second-order valence-electron chi connectivity index (χ2n) is 5.24. The van der Waals surface area contributed by atoms with Gasteiger partial charge in [0.25, 0.3) is 0 Å². The van der Waals surface area contributed by atoms with E-state index in [1.807, 2.05) is 0 Å². The van der Waals surface area contributed by atoms with Gasteiger partial charge in [-0.3, -0.25) is 0 Å². The Hall–Kier alpha value is -2.02. The number of aromatic nitrogens is 5. The first-order valence-corrected chi connectivity index (χ1v) is 7.57. The molecule has 0 unspecified atom stereocenters. The van der Waals surface area contributed by atoms with E-state index >= 15 is 0 Å². The fourth-order valence-corrected chi connectivity index (χ4v) is 3.16. The van der Waals surface area contributed by atoms with Crippen LogP contribution in [0.1, 0.15) is 16.7 Å². The lowest BCUT2D eigenvalue weighted by atomic mass is 9.98. The zero-order chi connectivity index (χ0) is 14.4. The summed E-state index contributed by atoms with van der Waals surface area (Å²) in [4.78, 5) is 6.70. The molecular formula is C14H13BrN6. The Kier molecular flexibility index (Phi) is 2.88. The predicted octanol–water partition coefficient (Wildman–Crippen LogP) is 2.15. The highest BCUT2D eigenvalue weighted by atomic mass is 79.9. The first-order chi connectivity index (χ1) is 10.2. The summed E-state index contributed by atoms with van der Waals surface area (Å²) >= 11 is 3.61. The van der Waals surface area contributed by atoms with E-state index in [-0.39, 0.29) is 0 Å². The average Bonchev–Trinajstić information content (AvgIpc) is 2.96. The zero-order valence-electron chi connectivity index (χ0n) is 11.5. The van der Waals surface area contributed by atoms with Crippen LogP contribution in [-0.2, 0) is 13.0 Å². The molecule has 0 saturated heterocycles. The Labute approximate surface area is 129 Å². The van der Waals surface area contributed by atoms with E-state index in [9.17, 15) is 0 Å². The predicted molar refractivity (Wildman–Crippen MR) is 82.2 cm³/mol. The molecule has 2 aromatic heterocycles. The lowest BCUT2D eigenvalue weighted by Gasteiger charge is -2.30. The average molecular weight is 345 g/mol. The lowest BCUT2D eigenvalue weighted by Crippen LogP contribution is -2.31. The number of fused-ring (bicyclic) bond motifs is 2. The Balaban J connectivity index is 1.75. The van der Waals surface area contributed by atoms with Crippen LogP contribution in [0.3, 0.4) is 0 Å². The molecule has 0 saturated carbocycles. The number of tetrazole rings is 1. The van der Waals surface area contributed by atoms with Crippen molar-refractivity contribution in [3.63, 3.8) is 0 Å². The standard InChI is InChI=1S/C14H13BrN6/c1-9-6-10-2-4-20(8-11(10)7-12(9)15)13-14-17-18-19-21(14)5-3-16-13/h3,5-7H,2,4,8H2,1H3. The van der Waals surface area contributed by atoms with E-state index in [4.69, 9.17) is 0 Å². The molecule has 0 aliphatic carbocycles. The van der Waals surface area contributed by atoms with Crippen molar-refractivity contribution in [3.05, 3.63) is 45.7 Å². The molecule has 0 radical (unpaired) electrons. The number of rotatable bonds is 1. The van der Waals surface area contributed by atoms with Gasteiger partial charge in [0.2, 0.25) is 5.65 Å². The van der Waals surface area contributed by atoms with Gasteiger partial charge in [-0.25, -0.2) is 4.98 Å². The minimum absolute atomic E-state index is 0.701. The highest BCUT2D eigenvalue weighted by molar-refractivity contribution is 9.10. The maximum atomic E-state index is 4.47. The molecule has 0 fully saturated rings. The van der Waals surface area contributed by atoms with Crippen molar-refractivity contribution < 1.29 is 0 Å². The van der Waals surface area contributed by atoms with Crippen LogP contribution in [0.15, 0.2) is 29.0 Å². The Morgan fingerprint density at radius 1 is 1.24 bits per heavy atom. The highest BCUT2D eigenvalue weighted by Crippen LogP contribution is 2.29. The number of aryl methyl sites for hydroxylation is 1. The lowest BCUT2D eigenvalue weighted by molar-refractivity contribution is 0.717. The van der Waals surface area contributed by atoms with Gasteiger partial charge >= 0.3 is 0 Å². The Morgan fingerprint density at radius 3 is 3.05 bits per heavy atom. The number of hydrogen-bond acceptors (Lipinski definition) is 5. The third-order valence-electron chi connectivity index (χ3n) is 3.89. The molecule has 1 aromatic carbocycles. The SMILES string of the molecule is Cc1cc2c(cc1Br)CN(c1nccn3nnnc13)CC2. The van der Waals surface area contributed by atoms with Crippen LogP contribution in [0.2, 0.25) is 0 Å². The third kappa shape index (κ3) is 2.08. The van der Waals surface area contributed by atoms with Crippen molar-refractivity contribution in [1.29, 1.82) is 0 Å². The largest absolute Gasteiger partial charge is 0.349 e. The number of halogens is 1. The molecule has 3 heterocycles. The quantitative estimate of drug-likeness (QED) is 0.676. The maximum absolute atomic E-state index is 4.47. The third-order valence-corrected chi connectivity index (χ3v) is 4.74. The summed E-state index contributed by atoms with van der Waals surface area (Å²) in [5.41, 5.74) is 4.73. The molecule has 4 rings (SSSR count). The van der Waals surface area contributed by atoms with Crippen LogP contribution in [-0.4, -0.2) is 31.6 Å². The maximum Gasteiger partial charge on any atom is 0.221 e. The molecule has 0 atom stereocenters. The van der Waals surface area contributed by atoms with Crippen LogP contribution in [0.4, 0.5) is 5.82 Å². The van der Waals surface area contributed by atoms with E-state index in [0.29, 0.717) is 5.65 Å². The van der Waals surface area contributed by atoms with Gasteiger partial charge in [0, 0.05) is 23.8 Å². The van der Waals surface area contributed by atoms with Gasteiger partial charge in [0.15, 0.2) is 5.82 Å². The topological polar surface area (TPSA) is 59.2 Å². The normalized spacial score (nSPS) is 14.5. The fourth-order valence-electron chi connectivity index (χ4n) is 2.77. The fraction of sp³-hybridized carbons (Fsp3) is 0.286. The van der Waals surface area contributed by atoms with E-state index in [2.05, 4.69) is 60.4 Å². The molecule has 0 spiro atoms. The van der Waals surface area contributed by atoms with Gasteiger partial charge in [-0.15, -0.1) is 5.10 Å². The summed E-state index contributed by atoms with van der Waals surface area (Å²) in [7, 11) is 0. The van der Waals surface area contributed by atoms with Crippen LogP contribution < -0.4 is 4.90 Å². The summed E-state index contributed by atoms with van der Waals surface area (Å²) in [5, 5.41) is 11.7. The van der Waals surface area contributed by atoms with E-state index < -0.39 is 0 Å². The van der Waals surface area contributed by atoms with Gasteiger partial charge < -0.3 is 4.90 Å². The van der Waals surface area contributed by atoms with Gasteiger partial charge in [0.1, 0.15) is 0 Å². The smallest absolute Gasteiger partial charge is 0.221 e. The van der Waals surface area contributed by atoms with Crippen molar-refractivity contribution in [2.75, 3.05) is 11.4 Å². The molecule has 106 valence electrons. The number of hydrogen-bond donors (Lipinski definition) is 0. The molecule has 6 nitrogen and oxygen atoms in total.